The van der Waals surface area contributed by atoms with Crippen LogP contribution in [-0.2, 0) is 0 Å². The van der Waals surface area contributed by atoms with Crippen molar-refractivity contribution in [2.24, 2.45) is 0 Å². The van der Waals surface area contributed by atoms with Gasteiger partial charge in [-0.3, -0.25) is 4.79 Å². The van der Waals surface area contributed by atoms with Crippen molar-refractivity contribution >= 4 is 11.9 Å². The van der Waals surface area contributed by atoms with E-state index in [1.54, 1.807) is 17.0 Å². The van der Waals surface area contributed by atoms with Crippen molar-refractivity contribution in [2.75, 3.05) is 26.2 Å². The predicted octanol–water partition coefficient (Wildman–Crippen LogP) is -0.276. The fourth-order valence-electron chi connectivity index (χ4n) is 3.88. The number of carboxylic acid groups (broad SMARTS) is 1. The molecule has 1 saturated heterocycles. The zero-order chi connectivity index (χ0) is 16.2. The third-order valence-corrected chi connectivity index (χ3v) is 5.22. The topological polar surface area (TPSA) is 64.9 Å². The summed E-state index contributed by atoms with van der Waals surface area (Å²) in [5.41, 5.74) is 0.495. The molecule has 0 unspecified atom stereocenters. The number of nitrogens with zero attached hydrogens (tertiary/aromatic N) is 1. The van der Waals surface area contributed by atoms with Gasteiger partial charge in [0.1, 0.15) is 0 Å². The molecule has 1 saturated carbocycles. The molecule has 124 valence electrons. The van der Waals surface area contributed by atoms with Crippen LogP contribution in [0.3, 0.4) is 0 Å². The summed E-state index contributed by atoms with van der Waals surface area (Å²) in [5, 5.41) is 10.9. The van der Waals surface area contributed by atoms with E-state index in [1.165, 1.54) is 44.2 Å². The standard InChI is InChI=1S/C18H24N2O3/c21-17(14-5-4-6-15(13-14)18(22)23)20-11-9-19(10-12-20)16-7-2-1-3-8-16/h4-6,13,16H,1-3,7-12H2,(H,22,23). The van der Waals surface area contributed by atoms with Gasteiger partial charge in [-0.2, -0.15) is 0 Å². The van der Waals surface area contributed by atoms with Crippen molar-refractivity contribution in [3.8, 4) is 0 Å². The number of carbonyl (C=O) groups excluding carboxylic acids is 2. The van der Waals surface area contributed by atoms with Gasteiger partial charge in [-0.25, -0.2) is 0 Å². The molecule has 0 atom stereocenters. The summed E-state index contributed by atoms with van der Waals surface area (Å²) >= 11 is 0. The lowest BCUT2D eigenvalue weighted by Crippen LogP contribution is -3.18. The molecule has 0 radical (unpaired) electrons. The Morgan fingerprint density at radius 2 is 1.70 bits per heavy atom. The van der Waals surface area contributed by atoms with Gasteiger partial charge in [0, 0.05) is 5.56 Å². The Morgan fingerprint density at radius 1 is 1.04 bits per heavy atom. The summed E-state index contributed by atoms with van der Waals surface area (Å²) < 4.78 is 0. The Hall–Kier alpha value is -1.88. The molecule has 2 aliphatic rings. The number of hydrogen-bond donors (Lipinski definition) is 1. The largest absolute Gasteiger partial charge is 0.545 e. The van der Waals surface area contributed by atoms with Gasteiger partial charge in [-0.05, 0) is 43.4 Å². The van der Waals surface area contributed by atoms with Crippen LogP contribution in [-0.4, -0.2) is 49.0 Å². The number of hydrogen-bond acceptors (Lipinski definition) is 3. The van der Waals surface area contributed by atoms with Gasteiger partial charge < -0.3 is 19.7 Å². The van der Waals surface area contributed by atoms with E-state index in [1.807, 2.05) is 4.90 Å². The summed E-state index contributed by atoms with van der Waals surface area (Å²) in [6, 6.07) is 6.91. The molecule has 0 aromatic heterocycles. The van der Waals surface area contributed by atoms with Crippen molar-refractivity contribution in [1.29, 1.82) is 0 Å². The van der Waals surface area contributed by atoms with Gasteiger partial charge in [0.2, 0.25) is 0 Å². The lowest BCUT2D eigenvalue weighted by molar-refractivity contribution is -0.930. The molecule has 5 heteroatoms. The number of carbonyl (C=O) groups is 2. The molecule has 1 amide bonds. The van der Waals surface area contributed by atoms with E-state index in [0.717, 1.165) is 32.2 Å². The number of benzene rings is 1. The molecule has 23 heavy (non-hydrogen) atoms. The highest BCUT2D eigenvalue weighted by molar-refractivity contribution is 5.97. The second kappa shape index (κ2) is 7.13. The smallest absolute Gasteiger partial charge is 0.254 e. The summed E-state index contributed by atoms with van der Waals surface area (Å²) in [7, 11) is 0. The number of quaternary nitrogens is 1. The molecular formula is C18H24N2O3. The van der Waals surface area contributed by atoms with E-state index in [2.05, 4.69) is 0 Å². The Balaban J connectivity index is 1.59. The van der Waals surface area contributed by atoms with Gasteiger partial charge in [-0.15, -0.1) is 0 Å². The predicted molar refractivity (Wildman–Crippen MR) is 84.2 cm³/mol. The highest BCUT2D eigenvalue weighted by Gasteiger charge is 2.30. The molecule has 2 fully saturated rings. The maximum absolute atomic E-state index is 12.6. The van der Waals surface area contributed by atoms with Crippen LogP contribution in [0.5, 0.6) is 0 Å². The van der Waals surface area contributed by atoms with Crippen molar-refractivity contribution < 1.29 is 19.6 Å². The SMILES string of the molecule is O=C([O-])c1cccc(C(=O)N2CC[NH+](C3CCCCC3)CC2)c1. The number of piperazine rings is 1. The minimum atomic E-state index is -1.24. The van der Waals surface area contributed by atoms with Crippen molar-refractivity contribution in [3.63, 3.8) is 0 Å². The van der Waals surface area contributed by atoms with Gasteiger partial charge in [0.15, 0.2) is 0 Å². The van der Waals surface area contributed by atoms with E-state index in [9.17, 15) is 14.7 Å². The molecule has 0 spiro atoms. The minimum Gasteiger partial charge on any atom is -0.545 e. The summed E-state index contributed by atoms with van der Waals surface area (Å²) in [6.45, 7) is 3.49. The van der Waals surface area contributed by atoms with E-state index in [-0.39, 0.29) is 11.5 Å². The Morgan fingerprint density at radius 3 is 2.35 bits per heavy atom. The van der Waals surface area contributed by atoms with Crippen LogP contribution >= 0.6 is 0 Å². The number of rotatable bonds is 3. The molecule has 0 bridgehead atoms. The van der Waals surface area contributed by atoms with Crippen LogP contribution in [0.2, 0.25) is 0 Å². The number of carboxylic acids is 1. The number of amides is 1. The first kappa shape index (κ1) is 16.0. The van der Waals surface area contributed by atoms with Crippen molar-refractivity contribution in [3.05, 3.63) is 35.4 Å². The number of aromatic carboxylic acids is 1. The third kappa shape index (κ3) is 3.72. The quantitative estimate of drug-likeness (QED) is 0.834. The van der Waals surface area contributed by atoms with Gasteiger partial charge >= 0.3 is 0 Å². The maximum Gasteiger partial charge on any atom is 0.254 e. The van der Waals surface area contributed by atoms with Crippen LogP contribution in [0.25, 0.3) is 0 Å². The monoisotopic (exact) mass is 316 g/mol. The second-order valence-electron chi connectivity index (χ2n) is 6.65. The van der Waals surface area contributed by atoms with Gasteiger partial charge in [-0.1, -0.05) is 18.6 Å². The molecule has 1 aromatic carbocycles. The van der Waals surface area contributed by atoms with Crippen molar-refractivity contribution in [2.45, 2.75) is 38.1 Å². The summed E-state index contributed by atoms with van der Waals surface area (Å²) in [4.78, 5) is 27.0. The molecule has 3 rings (SSSR count). The fourth-order valence-corrected chi connectivity index (χ4v) is 3.88. The first-order valence-corrected chi connectivity index (χ1v) is 8.60. The molecular weight excluding hydrogens is 292 g/mol. The lowest BCUT2D eigenvalue weighted by atomic mass is 9.94. The van der Waals surface area contributed by atoms with Gasteiger partial charge in [0.05, 0.1) is 38.2 Å². The zero-order valence-corrected chi connectivity index (χ0v) is 13.4. The second-order valence-corrected chi connectivity index (χ2v) is 6.65. The highest BCUT2D eigenvalue weighted by atomic mass is 16.4. The van der Waals surface area contributed by atoms with Crippen LogP contribution in [0.1, 0.15) is 52.8 Å². The van der Waals surface area contributed by atoms with Crippen molar-refractivity contribution in [1.82, 2.24) is 4.90 Å². The summed E-state index contributed by atoms with van der Waals surface area (Å²) in [6.07, 6.45) is 6.68. The first-order valence-electron chi connectivity index (χ1n) is 8.60. The Bertz CT molecular complexity index is 573. The Labute approximate surface area is 136 Å². The molecule has 1 N–H and O–H groups in total. The van der Waals surface area contributed by atoms with Crippen LogP contribution < -0.4 is 10.0 Å². The molecule has 1 aliphatic carbocycles. The van der Waals surface area contributed by atoms with Gasteiger partial charge in [0.25, 0.3) is 5.91 Å². The number of nitrogens with one attached hydrogen (secondary N) is 1. The molecule has 1 heterocycles. The normalized spacial score (nSPS) is 20.4. The minimum absolute atomic E-state index is 0.0577. The van der Waals surface area contributed by atoms with Crippen LogP contribution in [0.15, 0.2) is 24.3 Å². The fraction of sp³-hybridized carbons (Fsp3) is 0.556. The lowest BCUT2D eigenvalue weighted by Gasteiger charge is -2.38. The van der Waals surface area contributed by atoms with E-state index in [4.69, 9.17) is 0 Å². The molecule has 1 aromatic rings. The summed E-state index contributed by atoms with van der Waals surface area (Å²) in [5.74, 6) is -1.32. The van der Waals surface area contributed by atoms with Crippen LogP contribution in [0.4, 0.5) is 0 Å². The maximum atomic E-state index is 12.6. The molecule has 1 aliphatic heterocycles. The molecule has 5 nitrogen and oxygen atoms in total. The van der Waals surface area contributed by atoms with E-state index < -0.39 is 5.97 Å². The average molecular weight is 316 g/mol. The zero-order valence-electron chi connectivity index (χ0n) is 13.4. The third-order valence-electron chi connectivity index (χ3n) is 5.22. The van der Waals surface area contributed by atoms with E-state index >= 15 is 0 Å². The van der Waals surface area contributed by atoms with E-state index in [0.29, 0.717) is 5.56 Å². The highest BCUT2D eigenvalue weighted by Crippen LogP contribution is 2.16. The first-order chi connectivity index (χ1) is 11.1. The average Bonchev–Trinajstić information content (AvgIpc) is 2.62. The Kier molecular flexibility index (Phi) is 4.96. The van der Waals surface area contributed by atoms with Crippen LogP contribution in [0, 0.1) is 0 Å².